The van der Waals surface area contributed by atoms with Crippen LogP contribution in [0.5, 0.6) is 0 Å². The molecule has 1 aromatic carbocycles. The summed E-state index contributed by atoms with van der Waals surface area (Å²) in [4.78, 5) is 17.1. The highest BCUT2D eigenvalue weighted by atomic mass is 79.9. The van der Waals surface area contributed by atoms with Crippen LogP contribution in [0.15, 0.2) is 52.1 Å². The van der Waals surface area contributed by atoms with Gasteiger partial charge < -0.3 is 5.32 Å². The molecule has 3 nitrogen and oxygen atoms in total. The standard InChI is InChI=1S/C13H11BrN2OS/c1-18-11-5-3-2-4-10(11)16-13(17)9-6-7-15-12(14)8-9/h2-8H,1H3,(H,16,17). The molecule has 92 valence electrons. The van der Waals surface area contributed by atoms with Gasteiger partial charge in [0.05, 0.1) is 5.69 Å². The van der Waals surface area contributed by atoms with Crippen molar-refractivity contribution < 1.29 is 4.79 Å². The summed E-state index contributed by atoms with van der Waals surface area (Å²) in [5.74, 6) is -0.139. The van der Waals surface area contributed by atoms with E-state index in [1.54, 1.807) is 30.1 Å². The summed E-state index contributed by atoms with van der Waals surface area (Å²) in [7, 11) is 0. The second kappa shape index (κ2) is 6.02. The van der Waals surface area contributed by atoms with Gasteiger partial charge in [-0.1, -0.05) is 12.1 Å². The topological polar surface area (TPSA) is 42.0 Å². The summed E-state index contributed by atoms with van der Waals surface area (Å²) in [5, 5.41) is 2.90. The molecule has 18 heavy (non-hydrogen) atoms. The molecule has 2 aromatic rings. The first-order valence-electron chi connectivity index (χ1n) is 5.26. The second-order valence-electron chi connectivity index (χ2n) is 3.52. The Hall–Kier alpha value is -1.33. The molecule has 0 saturated heterocycles. The van der Waals surface area contributed by atoms with Crippen molar-refractivity contribution in [2.24, 2.45) is 0 Å². The maximum absolute atomic E-state index is 12.1. The normalized spacial score (nSPS) is 10.1. The number of nitrogens with one attached hydrogen (secondary N) is 1. The third kappa shape index (κ3) is 3.11. The quantitative estimate of drug-likeness (QED) is 0.690. The number of hydrogen-bond donors (Lipinski definition) is 1. The first-order valence-corrected chi connectivity index (χ1v) is 7.28. The molecule has 0 spiro atoms. The van der Waals surface area contributed by atoms with Gasteiger partial charge in [-0.3, -0.25) is 4.79 Å². The number of aromatic nitrogens is 1. The summed E-state index contributed by atoms with van der Waals surface area (Å²) >= 11 is 4.85. The zero-order valence-electron chi connectivity index (χ0n) is 9.68. The van der Waals surface area contributed by atoms with Gasteiger partial charge in [0.15, 0.2) is 0 Å². The molecule has 1 aromatic heterocycles. The lowest BCUT2D eigenvalue weighted by Crippen LogP contribution is -2.12. The Kier molecular flexibility index (Phi) is 4.38. The third-order valence-corrected chi connectivity index (χ3v) is 3.57. The number of para-hydroxylation sites is 1. The molecule has 0 radical (unpaired) electrons. The molecule has 0 aliphatic carbocycles. The van der Waals surface area contributed by atoms with Crippen molar-refractivity contribution in [1.29, 1.82) is 0 Å². The maximum Gasteiger partial charge on any atom is 0.255 e. The Balaban J connectivity index is 2.21. The fourth-order valence-corrected chi connectivity index (χ4v) is 2.40. The van der Waals surface area contributed by atoms with Gasteiger partial charge in [-0.2, -0.15) is 0 Å². The average Bonchev–Trinajstić information content (AvgIpc) is 2.39. The number of hydrogen-bond acceptors (Lipinski definition) is 3. The van der Waals surface area contributed by atoms with Crippen LogP contribution in [0, 0.1) is 0 Å². The van der Waals surface area contributed by atoms with Crippen LogP contribution in [0.3, 0.4) is 0 Å². The van der Waals surface area contributed by atoms with E-state index in [1.807, 2.05) is 30.5 Å². The number of carbonyl (C=O) groups excluding carboxylic acids is 1. The van der Waals surface area contributed by atoms with Crippen LogP contribution < -0.4 is 5.32 Å². The predicted octanol–water partition coefficient (Wildman–Crippen LogP) is 3.82. The third-order valence-electron chi connectivity index (χ3n) is 2.34. The van der Waals surface area contributed by atoms with Crippen LogP contribution in [0.1, 0.15) is 10.4 Å². The number of benzene rings is 1. The second-order valence-corrected chi connectivity index (χ2v) is 5.18. The van der Waals surface area contributed by atoms with Crippen molar-refractivity contribution in [3.8, 4) is 0 Å². The largest absolute Gasteiger partial charge is 0.321 e. The van der Waals surface area contributed by atoms with Gasteiger partial charge in [0.1, 0.15) is 4.60 Å². The number of nitrogens with zero attached hydrogens (tertiary/aromatic N) is 1. The number of rotatable bonds is 3. The molecular weight excluding hydrogens is 312 g/mol. The molecule has 0 saturated carbocycles. The van der Waals surface area contributed by atoms with E-state index < -0.39 is 0 Å². The molecule has 0 atom stereocenters. The summed E-state index contributed by atoms with van der Waals surface area (Å²) in [6.45, 7) is 0. The minimum atomic E-state index is -0.139. The maximum atomic E-state index is 12.1. The van der Waals surface area contributed by atoms with Gasteiger partial charge in [0, 0.05) is 16.7 Å². The minimum Gasteiger partial charge on any atom is -0.321 e. The zero-order chi connectivity index (χ0) is 13.0. The minimum absolute atomic E-state index is 0.139. The van der Waals surface area contributed by atoms with Crippen LogP contribution in [0.25, 0.3) is 0 Å². The van der Waals surface area contributed by atoms with Crippen LogP contribution >= 0.6 is 27.7 Å². The van der Waals surface area contributed by atoms with Crippen molar-refractivity contribution in [1.82, 2.24) is 4.98 Å². The smallest absolute Gasteiger partial charge is 0.255 e. The average molecular weight is 323 g/mol. The Morgan fingerprint density at radius 2 is 2.11 bits per heavy atom. The van der Waals surface area contributed by atoms with Crippen LogP contribution in [-0.4, -0.2) is 17.1 Å². The summed E-state index contributed by atoms with van der Waals surface area (Å²) < 4.78 is 0.647. The highest BCUT2D eigenvalue weighted by Crippen LogP contribution is 2.25. The Labute approximate surface area is 118 Å². The zero-order valence-corrected chi connectivity index (χ0v) is 12.1. The molecule has 1 amide bonds. The van der Waals surface area contributed by atoms with Gasteiger partial charge in [-0.15, -0.1) is 11.8 Å². The number of anilines is 1. The molecule has 0 aliphatic heterocycles. The molecule has 5 heteroatoms. The Bertz CT molecular complexity index is 574. The Morgan fingerprint density at radius 3 is 2.83 bits per heavy atom. The molecule has 0 aliphatic rings. The van der Waals surface area contributed by atoms with Gasteiger partial charge >= 0.3 is 0 Å². The number of thioether (sulfide) groups is 1. The monoisotopic (exact) mass is 322 g/mol. The van der Waals surface area contributed by atoms with E-state index in [2.05, 4.69) is 26.2 Å². The van der Waals surface area contributed by atoms with Crippen molar-refractivity contribution in [2.45, 2.75) is 4.90 Å². The number of carbonyl (C=O) groups is 1. The van der Waals surface area contributed by atoms with Crippen LogP contribution in [-0.2, 0) is 0 Å². The summed E-state index contributed by atoms with van der Waals surface area (Å²) in [5.41, 5.74) is 1.40. The van der Waals surface area contributed by atoms with E-state index in [0.717, 1.165) is 10.6 Å². The first-order chi connectivity index (χ1) is 8.70. The number of halogens is 1. The number of pyridine rings is 1. The molecule has 1 N–H and O–H groups in total. The molecule has 1 heterocycles. The summed E-state index contributed by atoms with van der Waals surface area (Å²) in [6, 6.07) is 11.1. The van der Waals surface area contributed by atoms with E-state index >= 15 is 0 Å². The van der Waals surface area contributed by atoms with Gasteiger partial charge in [0.2, 0.25) is 0 Å². The highest BCUT2D eigenvalue weighted by molar-refractivity contribution is 9.10. The van der Waals surface area contributed by atoms with E-state index in [-0.39, 0.29) is 5.91 Å². The van der Waals surface area contributed by atoms with Gasteiger partial charge in [-0.25, -0.2) is 4.98 Å². The van der Waals surface area contributed by atoms with Crippen LogP contribution in [0.4, 0.5) is 5.69 Å². The lowest BCUT2D eigenvalue weighted by atomic mass is 10.2. The Morgan fingerprint density at radius 1 is 1.33 bits per heavy atom. The van der Waals surface area contributed by atoms with Crippen LogP contribution in [0.2, 0.25) is 0 Å². The van der Waals surface area contributed by atoms with Gasteiger partial charge in [-0.05, 0) is 46.5 Å². The SMILES string of the molecule is CSc1ccccc1NC(=O)c1ccnc(Br)c1. The summed E-state index contributed by atoms with van der Waals surface area (Å²) in [6.07, 6.45) is 3.58. The fraction of sp³-hybridized carbons (Fsp3) is 0.0769. The molecular formula is C13H11BrN2OS. The highest BCUT2D eigenvalue weighted by Gasteiger charge is 2.08. The predicted molar refractivity (Wildman–Crippen MR) is 78.1 cm³/mol. The van der Waals surface area contributed by atoms with Crippen molar-refractivity contribution in [2.75, 3.05) is 11.6 Å². The molecule has 0 fully saturated rings. The van der Waals surface area contributed by atoms with Crippen molar-refractivity contribution in [3.63, 3.8) is 0 Å². The molecule has 0 bridgehead atoms. The first kappa shape index (κ1) is 13.1. The number of amides is 1. The van der Waals surface area contributed by atoms with E-state index in [1.165, 1.54) is 0 Å². The van der Waals surface area contributed by atoms with E-state index in [0.29, 0.717) is 10.2 Å². The molecule has 2 rings (SSSR count). The van der Waals surface area contributed by atoms with Gasteiger partial charge in [0.25, 0.3) is 5.91 Å². The fourth-order valence-electron chi connectivity index (χ4n) is 1.49. The van der Waals surface area contributed by atoms with Crippen molar-refractivity contribution in [3.05, 3.63) is 52.8 Å². The van der Waals surface area contributed by atoms with Crippen molar-refractivity contribution >= 4 is 39.3 Å². The van der Waals surface area contributed by atoms with E-state index in [4.69, 9.17) is 0 Å². The lowest BCUT2D eigenvalue weighted by molar-refractivity contribution is 0.102. The lowest BCUT2D eigenvalue weighted by Gasteiger charge is -2.09. The van der Waals surface area contributed by atoms with E-state index in [9.17, 15) is 4.79 Å². The molecule has 0 unspecified atom stereocenters.